The van der Waals surface area contributed by atoms with E-state index < -0.39 is 0 Å². The Morgan fingerprint density at radius 1 is 0.0884 bits per heavy atom. The van der Waals surface area contributed by atoms with E-state index in [-0.39, 0.29) is 0 Å². The van der Waals surface area contributed by atoms with Gasteiger partial charge in [0, 0.05) is 32.3 Å². The number of para-hydroxylation sites is 3. The zero-order valence-electron chi connectivity index (χ0n) is 80.2. The van der Waals surface area contributed by atoms with Crippen molar-refractivity contribution in [3.63, 3.8) is 0 Å². The molecule has 3 nitrogen and oxygen atoms in total. The second-order valence-corrected chi connectivity index (χ2v) is 38.4. The number of hydrogen-bond donors (Lipinski definition) is 0. The summed E-state index contributed by atoms with van der Waals surface area (Å²) in [5.74, 6) is 0. The van der Waals surface area contributed by atoms with Crippen LogP contribution < -0.4 is 0 Å². The van der Waals surface area contributed by atoms with Crippen LogP contribution in [-0.4, -0.2) is 0 Å². The molecule has 0 amide bonds. The molecule has 3 heterocycles. The normalized spacial score (nSPS) is 11.7. The largest absolute Gasteiger partial charge is 0.456 e. The molecule has 0 N–H and O–H groups in total. The van der Waals surface area contributed by atoms with Crippen molar-refractivity contribution in [3.8, 4) is 134 Å². The van der Waals surface area contributed by atoms with Crippen LogP contribution in [0, 0.1) is 0 Å². The molecule has 0 aliphatic rings. The van der Waals surface area contributed by atoms with Gasteiger partial charge in [-0.25, -0.2) is 0 Å². The average Bonchev–Trinajstić information content (AvgIpc) is 1.23. The molecular formula is C144H90O3. The van der Waals surface area contributed by atoms with E-state index >= 15 is 0 Å². The Morgan fingerprint density at radius 3 is 0.714 bits per heavy atom. The smallest absolute Gasteiger partial charge is 0.136 e. The Bertz CT molecular complexity index is 10000. The van der Waals surface area contributed by atoms with Gasteiger partial charge in [0.15, 0.2) is 0 Å². The Labute approximate surface area is 849 Å². The van der Waals surface area contributed by atoms with Crippen LogP contribution in [0.15, 0.2) is 559 Å². The van der Waals surface area contributed by atoms with Crippen LogP contribution >= 0.6 is 0 Å². The van der Waals surface area contributed by atoms with Crippen LogP contribution in [0.25, 0.3) is 296 Å². The monoisotopic (exact) mass is 1870 g/mol. The molecule has 0 fully saturated rings. The molecule has 27 aromatic carbocycles. The van der Waals surface area contributed by atoms with Gasteiger partial charge < -0.3 is 13.3 Å². The molecule has 3 heteroatoms. The van der Waals surface area contributed by atoms with E-state index in [2.05, 4.69) is 510 Å². The second kappa shape index (κ2) is 36.0. The first-order valence-corrected chi connectivity index (χ1v) is 50.6. The van der Waals surface area contributed by atoms with Gasteiger partial charge in [0.2, 0.25) is 0 Å². The Morgan fingerprint density at radius 2 is 0.340 bits per heavy atom. The zero-order chi connectivity index (χ0) is 96.9. The summed E-state index contributed by atoms with van der Waals surface area (Å²) in [6, 6.07) is 197. The molecule has 0 saturated heterocycles. The fraction of sp³-hybridized carbons (Fsp3) is 0. The van der Waals surface area contributed by atoms with Crippen molar-refractivity contribution < 1.29 is 13.3 Å². The molecule has 0 aliphatic carbocycles. The quantitative estimate of drug-likeness (QED) is 0.114. The van der Waals surface area contributed by atoms with Gasteiger partial charge >= 0.3 is 0 Å². The van der Waals surface area contributed by atoms with Crippen LogP contribution in [0.2, 0.25) is 0 Å². The van der Waals surface area contributed by atoms with E-state index in [0.717, 1.165) is 82.5 Å². The number of fused-ring (bicyclic) bond motifs is 18. The lowest BCUT2D eigenvalue weighted by Gasteiger charge is -2.20. The molecule has 30 rings (SSSR count). The van der Waals surface area contributed by atoms with E-state index in [9.17, 15) is 0 Å². The van der Waals surface area contributed by atoms with Gasteiger partial charge in [0.05, 0.1) is 0 Å². The molecule has 0 spiro atoms. The van der Waals surface area contributed by atoms with Crippen molar-refractivity contribution in [2.24, 2.45) is 0 Å². The predicted molar refractivity (Wildman–Crippen MR) is 624 cm³/mol. The minimum Gasteiger partial charge on any atom is -0.456 e. The number of benzene rings is 27. The zero-order valence-corrected chi connectivity index (χ0v) is 80.2. The fourth-order valence-corrected chi connectivity index (χ4v) is 23.7. The lowest BCUT2D eigenvalue weighted by Crippen LogP contribution is -1.93. The molecule has 684 valence electrons. The van der Waals surface area contributed by atoms with Crippen molar-refractivity contribution in [2.75, 3.05) is 0 Å². The van der Waals surface area contributed by atoms with Crippen molar-refractivity contribution in [1.82, 2.24) is 0 Å². The van der Waals surface area contributed by atoms with E-state index in [1.54, 1.807) is 0 Å². The van der Waals surface area contributed by atoms with Crippen LogP contribution in [0.4, 0.5) is 0 Å². The average molecular weight is 1870 g/mol. The summed E-state index contributed by atoms with van der Waals surface area (Å²) >= 11 is 0. The summed E-state index contributed by atoms with van der Waals surface area (Å²) in [5, 5.41) is 29.1. The number of rotatable bonds is 12. The predicted octanol–water partition coefficient (Wildman–Crippen LogP) is 41.1. The molecule has 0 radical (unpaired) electrons. The highest BCUT2D eigenvalue weighted by atomic mass is 16.3. The van der Waals surface area contributed by atoms with Crippen molar-refractivity contribution in [2.45, 2.75) is 0 Å². The van der Waals surface area contributed by atoms with Gasteiger partial charge in [-0.3, -0.25) is 0 Å². The van der Waals surface area contributed by atoms with Crippen molar-refractivity contribution >= 4 is 163 Å². The first-order chi connectivity index (χ1) is 73.0. The Hall–Kier alpha value is -19.3. The Kier molecular flexibility index (Phi) is 21.0. The summed E-state index contributed by atoms with van der Waals surface area (Å²) in [7, 11) is 0. The van der Waals surface area contributed by atoms with Crippen LogP contribution in [0.1, 0.15) is 0 Å². The second-order valence-electron chi connectivity index (χ2n) is 38.4. The van der Waals surface area contributed by atoms with E-state index in [1.807, 2.05) is 36.4 Å². The highest BCUT2D eigenvalue weighted by Gasteiger charge is 2.27. The lowest BCUT2D eigenvalue weighted by atomic mass is 9.83. The first kappa shape index (κ1) is 85.6. The summed E-state index contributed by atoms with van der Waals surface area (Å²) in [6.07, 6.45) is 0. The van der Waals surface area contributed by atoms with Crippen molar-refractivity contribution in [3.05, 3.63) is 546 Å². The SMILES string of the molecule is c1ccc(-c2cc(-c3ccccc3)c3cccc(-c4c5ccccc5c(-c5ccc6c(c5)oc5ccccc56)c5ccccc45)c3c2)cc1.c1ccc(-c2cc3cccc(-c4c5ccccc5c(-c5ccc6c(c5)oc5ccccc56)c5ccccc45)c3cc2-c2ccccc2)cc1.c1ccc(-c2ccc3c(-c4c5ccccc5c(-c5ccc6c(c5)oc5ccccc56)c5ccccc45)cccc3c2-c2ccccc2)cc1. The first-order valence-electron chi connectivity index (χ1n) is 50.6. The van der Waals surface area contributed by atoms with Gasteiger partial charge in [-0.05, 0) is 309 Å². The standard InChI is InChI=1S/3C48H30O/c1-3-14-31(15-4-1)42-28-33-18-13-24-41(44(33)30-43(42)32-16-5-2-6-17-32)48-39-22-9-7-20-37(39)47(38-21-8-10-23-40(38)48)34-26-27-36-35-19-11-12-25-45(35)49-46(36)29-34;1-3-14-31(15-4-1)34-28-43(32-16-5-2-6-17-32)35-23-13-24-42(44(35)29-34)48-40-21-9-7-19-38(40)47(39-20-8-10-22-41(39)48)33-26-27-37-36-18-11-12-25-45(36)49-46(37)30-33;1-3-14-31(15-4-1)34-28-29-35-38(46(34)32-16-5-2-6-17-32)23-13-24-39(35)48-42-21-9-7-19-40(42)47(41-20-8-10-22-43(41)48)33-26-27-37-36-18-11-12-25-44(36)49-45(37)30-33/h3*1-30H. The molecule has 147 heavy (non-hydrogen) atoms. The maximum Gasteiger partial charge on any atom is 0.136 e. The molecule has 30 aromatic rings. The summed E-state index contributed by atoms with van der Waals surface area (Å²) < 4.78 is 19.1. The minimum atomic E-state index is 0.909. The van der Waals surface area contributed by atoms with Crippen molar-refractivity contribution in [1.29, 1.82) is 0 Å². The van der Waals surface area contributed by atoms with Gasteiger partial charge in [-0.2, -0.15) is 0 Å². The highest BCUT2D eigenvalue weighted by molar-refractivity contribution is 6.29. The molecule has 3 aromatic heterocycles. The number of furan rings is 3. The van der Waals surface area contributed by atoms with Gasteiger partial charge in [-0.1, -0.05) is 467 Å². The maximum atomic E-state index is 6.38. The molecular weight excluding hydrogens is 1780 g/mol. The van der Waals surface area contributed by atoms with Crippen LogP contribution in [0.3, 0.4) is 0 Å². The highest BCUT2D eigenvalue weighted by Crippen LogP contribution is 2.54. The van der Waals surface area contributed by atoms with Crippen LogP contribution in [0.5, 0.6) is 0 Å². The summed E-state index contributed by atoms with van der Waals surface area (Å²) in [4.78, 5) is 0. The van der Waals surface area contributed by atoms with E-state index in [0.29, 0.717) is 0 Å². The van der Waals surface area contributed by atoms with Gasteiger partial charge in [-0.15, -0.1) is 0 Å². The van der Waals surface area contributed by atoms with Gasteiger partial charge in [0.1, 0.15) is 33.5 Å². The fourth-order valence-electron chi connectivity index (χ4n) is 23.7. The van der Waals surface area contributed by atoms with Crippen LogP contribution in [-0.2, 0) is 0 Å². The summed E-state index contributed by atoms with van der Waals surface area (Å²) in [5.41, 5.74) is 34.8. The molecule has 0 bridgehead atoms. The third-order valence-corrected chi connectivity index (χ3v) is 30.2. The number of hydrogen-bond acceptors (Lipinski definition) is 3. The lowest BCUT2D eigenvalue weighted by molar-refractivity contribution is 0.668. The maximum absolute atomic E-state index is 6.38. The molecule has 0 saturated carbocycles. The van der Waals surface area contributed by atoms with E-state index in [4.69, 9.17) is 13.3 Å². The summed E-state index contributed by atoms with van der Waals surface area (Å²) in [6.45, 7) is 0. The van der Waals surface area contributed by atoms with E-state index in [1.165, 1.54) is 214 Å². The molecule has 0 aliphatic heterocycles. The minimum absolute atomic E-state index is 0.909. The molecule has 0 atom stereocenters. The topological polar surface area (TPSA) is 39.4 Å². The third-order valence-electron chi connectivity index (χ3n) is 30.2. The molecule has 0 unspecified atom stereocenters. The van der Waals surface area contributed by atoms with Gasteiger partial charge in [0.25, 0.3) is 0 Å². The Balaban J connectivity index is 0.000000107. The third kappa shape index (κ3) is 14.7.